The first-order chi connectivity index (χ1) is 8.31. The summed E-state index contributed by atoms with van der Waals surface area (Å²) in [6.07, 6.45) is 6.26. The van der Waals surface area contributed by atoms with Crippen molar-refractivity contribution in [3.05, 3.63) is 59.7 Å². The van der Waals surface area contributed by atoms with Crippen molar-refractivity contribution in [1.82, 2.24) is 9.97 Å². The average molecular weight is 226 g/mol. The van der Waals surface area contributed by atoms with Crippen molar-refractivity contribution in [3.63, 3.8) is 0 Å². The summed E-state index contributed by atoms with van der Waals surface area (Å²) >= 11 is 0. The number of carbonyl (C=O) groups is 1. The number of carbonyl (C=O) groups excluding carboxylic acids is 1. The molecule has 0 N–H and O–H groups in total. The van der Waals surface area contributed by atoms with Gasteiger partial charge in [-0.1, -0.05) is 19.1 Å². The van der Waals surface area contributed by atoms with E-state index in [1.807, 2.05) is 31.2 Å². The van der Waals surface area contributed by atoms with Crippen LogP contribution in [0.15, 0.2) is 42.9 Å². The van der Waals surface area contributed by atoms with Crippen molar-refractivity contribution in [2.75, 3.05) is 0 Å². The molecule has 0 unspecified atom stereocenters. The van der Waals surface area contributed by atoms with Crippen molar-refractivity contribution in [2.45, 2.75) is 19.8 Å². The van der Waals surface area contributed by atoms with Crippen molar-refractivity contribution >= 4 is 5.78 Å². The molecule has 0 spiro atoms. The first kappa shape index (κ1) is 11.5. The average Bonchev–Trinajstić information content (AvgIpc) is 2.40. The summed E-state index contributed by atoms with van der Waals surface area (Å²) in [4.78, 5) is 20.3. The maximum Gasteiger partial charge on any atom is 0.185 e. The van der Waals surface area contributed by atoms with Gasteiger partial charge < -0.3 is 0 Å². The quantitative estimate of drug-likeness (QED) is 0.752. The number of aromatic nitrogens is 2. The molecule has 0 amide bonds. The van der Waals surface area contributed by atoms with Crippen LogP contribution in [0.25, 0.3) is 0 Å². The van der Waals surface area contributed by atoms with Crippen LogP contribution < -0.4 is 0 Å². The van der Waals surface area contributed by atoms with Gasteiger partial charge in [-0.25, -0.2) is 0 Å². The maximum atomic E-state index is 12.1. The molecule has 0 aliphatic carbocycles. The number of hydrogen-bond acceptors (Lipinski definition) is 3. The van der Waals surface area contributed by atoms with E-state index in [1.165, 1.54) is 0 Å². The van der Waals surface area contributed by atoms with Crippen molar-refractivity contribution in [1.29, 1.82) is 0 Å². The fourth-order valence-corrected chi connectivity index (χ4v) is 1.75. The lowest BCUT2D eigenvalue weighted by Crippen LogP contribution is -2.09. The number of pyridine rings is 2. The third-order valence-electron chi connectivity index (χ3n) is 2.62. The summed E-state index contributed by atoms with van der Waals surface area (Å²) in [7, 11) is 0. The van der Waals surface area contributed by atoms with Gasteiger partial charge in [0.2, 0.25) is 0 Å². The molecule has 0 saturated heterocycles. The number of nitrogens with zero attached hydrogens (tertiary/aromatic N) is 2. The summed E-state index contributed by atoms with van der Waals surface area (Å²) in [5, 5.41) is 0. The highest BCUT2D eigenvalue weighted by Gasteiger charge is 2.12. The van der Waals surface area contributed by atoms with E-state index in [0.717, 1.165) is 17.5 Å². The zero-order valence-electron chi connectivity index (χ0n) is 9.76. The van der Waals surface area contributed by atoms with E-state index in [1.54, 1.807) is 18.6 Å². The van der Waals surface area contributed by atoms with Crippen molar-refractivity contribution < 1.29 is 4.79 Å². The smallest absolute Gasteiger partial charge is 0.185 e. The van der Waals surface area contributed by atoms with Crippen molar-refractivity contribution in [2.24, 2.45) is 0 Å². The van der Waals surface area contributed by atoms with E-state index in [9.17, 15) is 4.79 Å². The van der Waals surface area contributed by atoms with Gasteiger partial charge in [0.1, 0.15) is 5.69 Å². The van der Waals surface area contributed by atoms with Gasteiger partial charge >= 0.3 is 0 Å². The highest BCUT2D eigenvalue weighted by Crippen LogP contribution is 2.10. The minimum absolute atomic E-state index is 0.0513. The molecule has 0 fully saturated rings. The zero-order valence-corrected chi connectivity index (χ0v) is 9.76. The van der Waals surface area contributed by atoms with Gasteiger partial charge in [-0.2, -0.15) is 0 Å². The Balaban J connectivity index is 2.20. The standard InChI is InChI=1S/C14H14N2O/c1-2-12-6-4-8-16-14(12)13(17)9-11-5-3-7-15-10-11/h3-8,10H,2,9H2,1H3. The molecule has 0 saturated carbocycles. The minimum Gasteiger partial charge on any atom is -0.292 e. The lowest BCUT2D eigenvalue weighted by Gasteiger charge is -2.05. The van der Waals surface area contributed by atoms with Gasteiger partial charge in [0.15, 0.2) is 5.78 Å². The van der Waals surface area contributed by atoms with Gasteiger partial charge in [0, 0.05) is 25.0 Å². The molecule has 2 aromatic heterocycles. The largest absolute Gasteiger partial charge is 0.292 e. The maximum absolute atomic E-state index is 12.1. The van der Waals surface area contributed by atoms with E-state index in [-0.39, 0.29) is 5.78 Å². The number of Topliss-reactive ketones (excluding diaryl/α,β-unsaturated/α-hetero) is 1. The van der Waals surface area contributed by atoms with E-state index in [2.05, 4.69) is 9.97 Å². The SMILES string of the molecule is CCc1cccnc1C(=O)Cc1cccnc1. The molecule has 17 heavy (non-hydrogen) atoms. The van der Waals surface area contributed by atoms with Crippen molar-refractivity contribution in [3.8, 4) is 0 Å². The normalized spacial score (nSPS) is 10.2. The molecule has 3 heteroatoms. The Morgan fingerprint density at radius 1 is 1.24 bits per heavy atom. The fraction of sp³-hybridized carbons (Fsp3) is 0.214. The second-order valence-electron chi connectivity index (χ2n) is 3.83. The number of aryl methyl sites for hydroxylation is 1. The summed E-state index contributed by atoms with van der Waals surface area (Å²) in [5.41, 5.74) is 2.51. The summed E-state index contributed by atoms with van der Waals surface area (Å²) in [6.45, 7) is 2.03. The van der Waals surface area contributed by atoms with Crippen LogP contribution in [0.5, 0.6) is 0 Å². The molecule has 2 rings (SSSR count). The highest BCUT2D eigenvalue weighted by atomic mass is 16.1. The van der Waals surface area contributed by atoms with Crippen LogP contribution in [0.3, 0.4) is 0 Å². The summed E-state index contributed by atoms with van der Waals surface area (Å²) in [6, 6.07) is 7.55. The van der Waals surface area contributed by atoms with Crippen LogP contribution in [0.1, 0.15) is 28.5 Å². The second kappa shape index (κ2) is 5.34. The number of hydrogen-bond donors (Lipinski definition) is 0. The predicted molar refractivity (Wildman–Crippen MR) is 65.9 cm³/mol. The van der Waals surface area contributed by atoms with Crippen LogP contribution in [-0.4, -0.2) is 15.8 Å². The summed E-state index contributed by atoms with van der Waals surface area (Å²) < 4.78 is 0. The monoisotopic (exact) mass is 226 g/mol. The third kappa shape index (κ3) is 2.75. The molecule has 0 aromatic carbocycles. The molecule has 86 valence electrons. The Morgan fingerprint density at radius 3 is 2.76 bits per heavy atom. The van der Waals surface area contributed by atoms with Crippen LogP contribution in [0.2, 0.25) is 0 Å². The van der Waals surface area contributed by atoms with Gasteiger partial charge in [-0.15, -0.1) is 0 Å². The van der Waals surface area contributed by atoms with Gasteiger partial charge in [-0.05, 0) is 29.7 Å². The summed E-state index contributed by atoms with van der Waals surface area (Å²) in [5.74, 6) is 0.0513. The lowest BCUT2D eigenvalue weighted by atomic mass is 10.0. The van der Waals surface area contributed by atoms with E-state index < -0.39 is 0 Å². The minimum atomic E-state index is 0.0513. The molecule has 2 aromatic rings. The molecule has 0 atom stereocenters. The van der Waals surface area contributed by atoms with Crippen LogP contribution in [-0.2, 0) is 12.8 Å². The van der Waals surface area contributed by atoms with Crippen LogP contribution in [0.4, 0.5) is 0 Å². The van der Waals surface area contributed by atoms with Gasteiger partial charge in [-0.3, -0.25) is 14.8 Å². The Labute approximate surface area is 101 Å². The Hall–Kier alpha value is -2.03. The first-order valence-corrected chi connectivity index (χ1v) is 5.67. The third-order valence-corrected chi connectivity index (χ3v) is 2.62. The topological polar surface area (TPSA) is 42.9 Å². The Bertz CT molecular complexity index is 509. The Morgan fingerprint density at radius 2 is 2.06 bits per heavy atom. The van der Waals surface area contributed by atoms with Crippen LogP contribution in [0, 0.1) is 0 Å². The molecule has 0 aliphatic rings. The van der Waals surface area contributed by atoms with E-state index >= 15 is 0 Å². The second-order valence-corrected chi connectivity index (χ2v) is 3.83. The molecular formula is C14H14N2O. The molecule has 2 heterocycles. The van der Waals surface area contributed by atoms with Gasteiger partial charge in [0.05, 0.1) is 0 Å². The first-order valence-electron chi connectivity index (χ1n) is 5.67. The molecule has 0 aliphatic heterocycles. The van der Waals surface area contributed by atoms with Gasteiger partial charge in [0.25, 0.3) is 0 Å². The van der Waals surface area contributed by atoms with Crippen LogP contribution >= 0.6 is 0 Å². The fourth-order valence-electron chi connectivity index (χ4n) is 1.75. The van der Waals surface area contributed by atoms with E-state index in [0.29, 0.717) is 12.1 Å². The molecular weight excluding hydrogens is 212 g/mol. The number of ketones is 1. The highest BCUT2D eigenvalue weighted by molar-refractivity contribution is 5.96. The predicted octanol–water partition coefficient (Wildman–Crippen LogP) is 2.46. The Kier molecular flexibility index (Phi) is 3.60. The molecule has 3 nitrogen and oxygen atoms in total. The molecule has 0 radical (unpaired) electrons. The van der Waals surface area contributed by atoms with E-state index in [4.69, 9.17) is 0 Å². The number of rotatable bonds is 4. The lowest BCUT2D eigenvalue weighted by molar-refractivity contribution is 0.0987. The molecule has 0 bridgehead atoms. The zero-order chi connectivity index (χ0) is 12.1.